The third-order valence-electron chi connectivity index (χ3n) is 6.17. The van der Waals surface area contributed by atoms with Gasteiger partial charge in [0.15, 0.2) is 5.78 Å². The Kier molecular flexibility index (Phi) is 5.51. The highest BCUT2D eigenvalue weighted by atomic mass is 32.2. The van der Waals surface area contributed by atoms with Crippen LogP contribution in [0.5, 0.6) is 0 Å². The molecule has 27 heavy (non-hydrogen) atoms. The van der Waals surface area contributed by atoms with Crippen LogP contribution in [-0.2, 0) is 22.4 Å². The lowest BCUT2D eigenvalue weighted by Crippen LogP contribution is -2.47. The molecule has 4 atom stereocenters. The molecule has 1 amide bonds. The van der Waals surface area contributed by atoms with Crippen LogP contribution in [0.25, 0.3) is 0 Å². The topological polar surface area (TPSA) is 73.2 Å². The largest absolute Gasteiger partial charge is 0.323 e. The maximum absolute atomic E-state index is 13.0. The average Bonchev–Trinajstić information content (AvgIpc) is 3.36. The highest BCUT2D eigenvalue weighted by molar-refractivity contribution is 7.99. The number of nitriles is 1. The van der Waals surface area contributed by atoms with Gasteiger partial charge in [0.05, 0.1) is 11.9 Å². The summed E-state index contributed by atoms with van der Waals surface area (Å²) in [5, 5.41) is 12.3. The highest BCUT2D eigenvalue weighted by Gasteiger charge is 2.42. The maximum atomic E-state index is 13.0. The van der Waals surface area contributed by atoms with Crippen LogP contribution in [0.3, 0.4) is 0 Å². The Bertz CT molecular complexity index is 775. The molecule has 1 aromatic carbocycles. The zero-order valence-corrected chi connectivity index (χ0v) is 16.2. The number of nitrogens with zero attached hydrogens (tertiary/aromatic N) is 2. The van der Waals surface area contributed by atoms with E-state index in [4.69, 9.17) is 0 Å². The van der Waals surface area contributed by atoms with Crippen LogP contribution in [0.4, 0.5) is 0 Å². The van der Waals surface area contributed by atoms with E-state index in [1.807, 2.05) is 0 Å². The van der Waals surface area contributed by atoms with E-state index < -0.39 is 6.04 Å². The molecule has 142 valence electrons. The number of ketones is 1. The zero-order valence-electron chi connectivity index (χ0n) is 15.4. The lowest BCUT2D eigenvalue weighted by Gasteiger charge is -2.29. The summed E-state index contributed by atoms with van der Waals surface area (Å²) in [4.78, 5) is 27.8. The van der Waals surface area contributed by atoms with Gasteiger partial charge in [-0.15, -0.1) is 11.8 Å². The third kappa shape index (κ3) is 3.76. The third-order valence-corrected chi connectivity index (χ3v) is 7.18. The molecule has 1 aromatic rings. The molecule has 1 N–H and O–H groups in total. The van der Waals surface area contributed by atoms with Crippen molar-refractivity contribution in [3.63, 3.8) is 0 Å². The van der Waals surface area contributed by atoms with Gasteiger partial charge < -0.3 is 10.2 Å². The van der Waals surface area contributed by atoms with Crippen molar-refractivity contribution in [2.24, 2.45) is 11.8 Å². The Morgan fingerprint density at radius 2 is 2.07 bits per heavy atom. The first-order valence-corrected chi connectivity index (χ1v) is 10.9. The van der Waals surface area contributed by atoms with Gasteiger partial charge in [-0.3, -0.25) is 9.59 Å². The van der Waals surface area contributed by atoms with Crippen LogP contribution >= 0.6 is 11.8 Å². The van der Waals surface area contributed by atoms with Crippen molar-refractivity contribution < 1.29 is 9.59 Å². The number of Topliss-reactive ketones (excluding diaryl/α,β-unsaturated/α-hetero) is 1. The Morgan fingerprint density at radius 1 is 1.26 bits per heavy atom. The minimum absolute atomic E-state index is 0.0684. The number of hydrogen-bond donors (Lipinski definition) is 1. The quantitative estimate of drug-likeness (QED) is 0.862. The Labute approximate surface area is 164 Å². The molecule has 0 aromatic heterocycles. The minimum atomic E-state index is -0.408. The molecule has 2 saturated heterocycles. The molecule has 6 heteroatoms. The van der Waals surface area contributed by atoms with Crippen LogP contribution in [0.15, 0.2) is 24.3 Å². The van der Waals surface area contributed by atoms with Crippen molar-refractivity contribution in [1.82, 2.24) is 10.2 Å². The number of carbonyl (C=O) groups is 2. The summed E-state index contributed by atoms with van der Waals surface area (Å²) in [6, 6.07) is 9.92. The smallest absolute Gasteiger partial charge is 0.224 e. The molecular weight excluding hydrogens is 358 g/mol. The van der Waals surface area contributed by atoms with Gasteiger partial charge in [0.2, 0.25) is 5.91 Å². The summed E-state index contributed by atoms with van der Waals surface area (Å²) in [5.41, 5.74) is 2.76. The molecule has 2 aliphatic heterocycles. The van der Waals surface area contributed by atoms with E-state index in [2.05, 4.69) is 35.7 Å². The molecule has 1 aliphatic carbocycles. The maximum Gasteiger partial charge on any atom is 0.224 e. The Balaban J connectivity index is 1.40. The number of nitrogens with one attached hydrogen (secondary N) is 1. The van der Waals surface area contributed by atoms with E-state index in [0.717, 1.165) is 19.3 Å². The van der Waals surface area contributed by atoms with E-state index in [0.29, 0.717) is 36.9 Å². The zero-order chi connectivity index (χ0) is 18.8. The molecule has 5 nitrogen and oxygen atoms in total. The van der Waals surface area contributed by atoms with Crippen LogP contribution in [0.1, 0.15) is 30.4 Å². The lowest BCUT2D eigenvalue weighted by atomic mass is 9.82. The molecule has 0 bridgehead atoms. The number of thioether (sulfide) groups is 1. The van der Waals surface area contributed by atoms with Gasteiger partial charge in [-0.25, -0.2) is 0 Å². The van der Waals surface area contributed by atoms with Crippen LogP contribution in [0, 0.1) is 23.2 Å². The predicted molar refractivity (Wildman–Crippen MR) is 105 cm³/mol. The van der Waals surface area contributed by atoms with Crippen LogP contribution < -0.4 is 5.32 Å². The molecule has 0 saturated carbocycles. The average molecular weight is 384 g/mol. The summed E-state index contributed by atoms with van der Waals surface area (Å²) in [5.74, 6) is 1.49. The molecule has 2 heterocycles. The van der Waals surface area contributed by atoms with E-state index in [1.54, 1.807) is 16.7 Å². The number of rotatable bonds is 4. The van der Waals surface area contributed by atoms with Crippen molar-refractivity contribution >= 4 is 23.5 Å². The fourth-order valence-corrected chi connectivity index (χ4v) is 5.82. The number of benzene rings is 1. The van der Waals surface area contributed by atoms with Gasteiger partial charge in [-0.05, 0) is 49.3 Å². The van der Waals surface area contributed by atoms with Crippen molar-refractivity contribution in [3.05, 3.63) is 35.4 Å². The fourth-order valence-electron chi connectivity index (χ4n) is 4.63. The number of carbonyl (C=O) groups excluding carboxylic acids is 2. The number of fused-ring (bicyclic) bond motifs is 1. The monoisotopic (exact) mass is 383 g/mol. The molecule has 0 radical (unpaired) electrons. The van der Waals surface area contributed by atoms with Crippen molar-refractivity contribution in [2.75, 3.05) is 18.2 Å². The van der Waals surface area contributed by atoms with Crippen LogP contribution in [-0.4, -0.2) is 46.8 Å². The normalized spacial score (nSPS) is 30.0. The summed E-state index contributed by atoms with van der Waals surface area (Å²) >= 11 is 1.65. The van der Waals surface area contributed by atoms with Gasteiger partial charge >= 0.3 is 0 Å². The standard InChI is InChI=1S/C21H25N3O2S/c22-11-18-17(7-8-23-18)21(26)19-12-27-13-24(19)20(25)10-14-5-6-15-3-1-2-4-16(15)9-14/h1-4,14,17-19,23H,5-10,12-13H2/t14-,17?,18+,19-/m0/s1. The van der Waals surface area contributed by atoms with Crippen LogP contribution in [0.2, 0.25) is 0 Å². The second-order valence-electron chi connectivity index (χ2n) is 7.82. The molecular formula is C21H25N3O2S. The van der Waals surface area contributed by atoms with E-state index in [-0.39, 0.29) is 23.7 Å². The first kappa shape index (κ1) is 18.5. The van der Waals surface area contributed by atoms with E-state index in [1.165, 1.54) is 11.1 Å². The number of amides is 1. The van der Waals surface area contributed by atoms with Gasteiger partial charge in [0, 0.05) is 18.1 Å². The first-order valence-electron chi connectivity index (χ1n) is 9.78. The summed E-state index contributed by atoms with van der Waals surface area (Å²) in [6.45, 7) is 0.698. The van der Waals surface area contributed by atoms with Crippen molar-refractivity contribution in [1.29, 1.82) is 5.26 Å². The SMILES string of the molecule is N#C[C@H]1NCCC1C(=O)[C@@H]1CSCN1C(=O)C[C@H]1CCc2ccccc2C1. The van der Waals surface area contributed by atoms with Crippen molar-refractivity contribution in [3.8, 4) is 6.07 Å². The molecule has 2 fully saturated rings. The number of aryl methyl sites for hydroxylation is 1. The first-order chi connectivity index (χ1) is 13.2. The second-order valence-corrected chi connectivity index (χ2v) is 8.82. The summed E-state index contributed by atoms with van der Waals surface area (Å²) in [6.07, 6.45) is 4.22. The second kappa shape index (κ2) is 8.04. The minimum Gasteiger partial charge on any atom is -0.323 e. The Hall–Kier alpha value is -1.84. The summed E-state index contributed by atoms with van der Waals surface area (Å²) in [7, 11) is 0. The summed E-state index contributed by atoms with van der Waals surface area (Å²) < 4.78 is 0. The van der Waals surface area contributed by atoms with E-state index >= 15 is 0 Å². The van der Waals surface area contributed by atoms with Gasteiger partial charge in [0.25, 0.3) is 0 Å². The highest BCUT2D eigenvalue weighted by Crippen LogP contribution is 2.31. The van der Waals surface area contributed by atoms with E-state index in [9.17, 15) is 14.9 Å². The number of hydrogen-bond acceptors (Lipinski definition) is 5. The van der Waals surface area contributed by atoms with Gasteiger partial charge in [0.1, 0.15) is 12.1 Å². The predicted octanol–water partition coefficient (Wildman–Crippen LogP) is 2.15. The van der Waals surface area contributed by atoms with Crippen molar-refractivity contribution in [2.45, 2.75) is 44.2 Å². The van der Waals surface area contributed by atoms with Gasteiger partial charge in [-0.2, -0.15) is 5.26 Å². The molecule has 1 unspecified atom stereocenters. The van der Waals surface area contributed by atoms with Gasteiger partial charge in [-0.1, -0.05) is 24.3 Å². The molecule has 0 spiro atoms. The molecule has 3 aliphatic rings. The molecule has 4 rings (SSSR count). The fraction of sp³-hybridized carbons (Fsp3) is 0.571. The Morgan fingerprint density at radius 3 is 2.89 bits per heavy atom. The lowest BCUT2D eigenvalue weighted by molar-refractivity contribution is -0.139.